The molecule has 1 amide bonds. The minimum absolute atomic E-state index is 0.0537. The molecule has 0 bridgehead atoms. The first-order valence-corrected chi connectivity index (χ1v) is 11.8. The Kier molecular flexibility index (Phi) is 7.26. The predicted molar refractivity (Wildman–Crippen MR) is 136 cm³/mol. The predicted octanol–water partition coefficient (Wildman–Crippen LogP) is 4.22. The Balaban J connectivity index is 1.75. The average molecular weight is 477 g/mol. The van der Waals surface area contributed by atoms with Crippen LogP contribution in [-0.2, 0) is 10.3 Å². The summed E-state index contributed by atoms with van der Waals surface area (Å²) in [6.07, 6.45) is 1.78. The summed E-state index contributed by atoms with van der Waals surface area (Å²) in [6, 6.07) is 17.0. The second-order valence-electron chi connectivity index (χ2n) is 9.01. The molecule has 4 rings (SSSR count). The van der Waals surface area contributed by atoms with E-state index in [0.717, 1.165) is 35.7 Å². The van der Waals surface area contributed by atoms with Crippen LogP contribution in [0.5, 0.6) is 17.2 Å². The van der Waals surface area contributed by atoms with Crippen molar-refractivity contribution in [3.8, 4) is 17.2 Å². The van der Waals surface area contributed by atoms with Crippen LogP contribution in [0.3, 0.4) is 0 Å². The van der Waals surface area contributed by atoms with Crippen LogP contribution in [0, 0.1) is 0 Å². The Bertz CT molecular complexity index is 1200. The largest absolute Gasteiger partial charge is 0.493 e. The van der Waals surface area contributed by atoms with E-state index in [1.54, 1.807) is 12.1 Å². The van der Waals surface area contributed by atoms with Crippen molar-refractivity contribution in [2.45, 2.75) is 37.8 Å². The highest BCUT2D eigenvalue weighted by Gasteiger charge is 2.36. The highest BCUT2D eigenvalue weighted by atomic mass is 16.5. The first-order chi connectivity index (χ1) is 16.9. The monoisotopic (exact) mass is 476 g/mol. The van der Waals surface area contributed by atoms with E-state index in [0.29, 0.717) is 22.8 Å². The fraction of sp³-hybridized carbons (Fsp3) is 0.357. The van der Waals surface area contributed by atoms with E-state index in [2.05, 4.69) is 10.6 Å². The van der Waals surface area contributed by atoms with Crippen molar-refractivity contribution in [1.82, 2.24) is 10.6 Å². The van der Waals surface area contributed by atoms with E-state index >= 15 is 0 Å². The van der Waals surface area contributed by atoms with Gasteiger partial charge in [0.2, 0.25) is 11.7 Å². The van der Waals surface area contributed by atoms with Crippen LogP contribution in [0.1, 0.15) is 42.1 Å². The number of Topliss-reactive ketones (excluding diaryl/α,β-unsaturated/α-hetero) is 1. The average Bonchev–Trinajstić information content (AvgIpc) is 3.42. The molecule has 2 N–H and O–H groups in total. The molecule has 7 nitrogen and oxygen atoms in total. The van der Waals surface area contributed by atoms with Crippen LogP contribution in [0.15, 0.2) is 54.6 Å². The van der Waals surface area contributed by atoms with Gasteiger partial charge in [0.15, 0.2) is 17.3 Å². The van der Waals surface area contributed by atoms with Crippen molar-refractivity contribution in [3.63, 3.8) is 0 Å². The Hall–Kier alpha value is -3.58. The van der Waals surface area contributed by atoms with Crippen LogP contribution in [0.2, 0.25) is 0 Å². The molecule has 0 aromatic heterocycles. The summed E-state index contributed by atoms with van der Waals surface area (Å²) in [5.41, 5.74) is 0.363. The lowest BCUT2D eigenvalue weighted by Gasteiger charge is -2.33. The zero-order valence-corrected chi connectivity index (χ0v) is 20.6. The molecule has 1 saturated heterocycles. The van der Waals surface area contributed by atoms with Gasteiger partial charge in [-0.3, -0.25) is 9.59 Å². The van der Waals surface area contributed by atoms with E-state index in [4.69, 9.17) is 14.2 Å². The maximum absolute atomic E-state index is 13.7. The van der Waals surface area contributed by atoms with Crippen molar-refractivity contribution in [3.05, 3.63) is 65.7 Å². The van der Waals surface area contributed by atoms with Crippen molar-refractivity contribution in [2.24, 2.45) is 0 Å². The molecule has 7 heteroatoms. The number of fused-ring (bicyclic) bond motifs is 1. The van der Waals surface area contributed by atoms with Crippen molar-refractivity contribution in [2.75, 3.05) is 27.9 Å². The number of amides is 1. The zero-order valence-electron chi connectivity index (χ0n) is 20.6. The lowest BCUT2D eigenvalue weighted by atomic mass is 9.82. The topological polar surface area (TPSA) is 85.9 Å². The van der Waals surface area contributed by atoms with Gasteiger partial charge in [0.1, 0.15) is 0 Å². The van der Waals surface area contributed by atoms with Gasteiger partial charge in [-0.1, -0.05) is 42.5 Å². The third-order valence-electron chi connectivity index (χ3n) is 6.66. The van der Waals surface area contributed by atoms with E-state index < -0.39 is 5.54 Å². The van der Waals surface area contributed by atoms with Crippen LogP contribution in [0.4, 0.5) is 0 Å². The molecule has 35 heavy (non-hydrogen) atoms. The normalized spacial score (nSPS) is 17.0. The fourth-order valence-electron chi connectivity index (χ4n) is 4.85. The van der Waals surface area contributed by atoms with Gasteiger partial charge in [-0.2, -0.15) is 0 Å². The Labute approximate surface area is 205 Å². The van der Waals surface area contributed by atoms with Crippen molar-refractivity contribution in [1.29, 1.82) is 0 Å². The van der Waals surface area contributed by atoms with Crippen LogP contribution >= 0.6 is 0 Å². The molecule has 0 radical (unpaired) electrons. The van der Waals surface area contributed by atoms with E-state index in [-0.39, 0.29) is 24.2 Å². The van der Waals surface area contributed by atoms with Gasteiger partial charge >= 0.3 is 0 Å². The van der Waals surface area contributed by atoms with Gasteiger partial charge in [0, 0.05) is 12.0 Å². The first-order valence-electron chi connectivity index (χ1n) is 11.8. The second kappa shape index (κ2) is 10.4. The summed E-state index contributed by atoms with van der Waals surface area (Å²) in [7, 11) is 4.55. The second-order valence-corrected chi connectivity index (χ2v) is 9.01. The molecule has 0 saturated carbocycles. The number of ether oxygens (including phenoxy) is 3. The number of nitrogens with one attached hydrogen (secondary N) is 2. The number of carbonyl (C=O) groups excluding carboxylic acids is 2. The van der Waals surface area contributed by atoms with Gasteiger partial charge < -0.3 is 24.8 Å². The van der Waals surface area contributed by atoms with Gasteiger partial charge in [0.05, 0.1) is 32.9 Å². The van der Waals surface area contributed by atoms with E-state index in [9.17, 15) is 9.59 Å². The quantitative estimate of drug-likeness (QED) is 0.450. The summed E-state index contributed by atoms with van der Waals surface area (Å²) in [5, 5.41) is 8.51. The summed E-state index contributed by atoms with van der Waals surface area (Å²) in [5.74, 6) is 0.974. The molecule has 0 spiro atoms. The zero-order chi connectivity index (χ0) is 25.0. The SMILES string of the molecule is COc1cc(C(=O)C[C@@](C)(NC(=O)[C@@H]2CCCN2)c2cccc3ccccc23)cc(OC)c1OC. The number of rotatable bonds is 9. The minimum Gasteiger partial charge on any atom is -0.493 e. The highest BCUT2D eigenvalue weighted by molar-refractivity contribution is 5.99. The Morgan fingerprint density at radius 3 is 2.31 bits per heavy atom. The number of hydrogen-bond acceptors (Lipinski definition) is 6. The molecule has 184 valence electrons. The van der Waals surface area contributed by atoms with Gasteiger partial charge in [-0.05, 0) is 54.8 Å². The Morgan fingerprint density at radius 2 is 1.69 bits per heavy atom. The van der Waals surface area contributed by atoms with E-state index in [1.807, 2.05) is 49.4 Å². The Morgan fingerprint density at radius 1 is 1.00 bits per heavy atom. The van der Waals surface area contributed by atoms with Gasteiger partial charge in [-0.15, -0.1) is 0 Å². The molecular formula is C28H32N2O5. The molecule has 0 aliphatic carbocycles. The number of hydrogen-bond donors (Lipinski definition) is 2. The maximum Gasteiger partial charge on any atom is 0.237 e. The molecular weight excluding hydrogens is 444 g/mol. The third kappa shape index (κ3) is 4.95. The standard InChI is InChI=1S/C28H32N2O5/c1-28(30-27(32)22-13-8-14-29-22,21-12-7-10-18-9-5-6-11-20(18)21)17-23(31)19-15-24(33-2)26(35-4)25(16-19)34-3/h5-7,9-12,15-16,22,29H,8,13-14,17H2,1-4H3,(H,30,32)/t22-,28+/m0/s1. The highest BCUT2D eigenvalue weighted by Crippen LogP contribution is 2.40. The summed E-state index contributed by atoms with van der Waals surface area (Å²) in [4.78, 5) is 26.9. The summed E-state index contributed by atoms with van der Waals surface area (Å²) < 4.78 is 16.3. The van der Waals surface area contributed by atoms with Gasteiger partial charge in [-0.25, -0.2) is 0 Å². The number of ketones is 1. The number of benzene rings is 3. The summed E-state index contributed by atoms with van der Waals surface area (Å²) in [6.45, 7) is 2.73. The van der Waals surface area contributed by atoms with Crippen LogP contribution < -0.4 is 24.8 Å². The molecule has 1 fully saturated rings. The molecule has 1 heterocycles. The number of methoxy groups -OCH3 is 3. The van der Waals surface area contributed by atoms with E-state index in [1.165, 1.54) is 21.3 Å². The first kappa shape index (κ1) is 24.5. The van der Waals surface area contributed by atoms with Gasteiger partial charge in [0.25, 0.3) is 0 Å². The smallest absolute Gasteiger partial charge is 0.237 e. The lowest BCUT2D eigenvalue weighted by Crippen LogP contribution is -2.51. The molecule has 1 aliphatic rings. The lowest BCUT2D eigenvalue weighted by molar-refractivity contribution is -0.124. The molecule has 3 aromatic rings. The molecule has 2 atom stereocenters. The minimum atomic E-state index is -0.945. The molecule has 3 aromatic carbocycles. The van der Waals surface area contributed by atoms with Crippen molar-refractivity contribution < 1.29 is 23.8 Å². The number of carbonyl (C=O) groups is 2. The van der Waals surface area contributed by atoms with Crippen LogP contribution in [-0.4, -0.2) is 45.6 Å². The molecule has 0 unspecified atom stereocenters. The molecule has 1 aliphatic heterocycles. The fourth-order valence-corrected chi connectivity index (χ4v) is 4.85. The van der Waals surface area contributed by atoms with Crippen molar-refractivity contribution >= 4 is 22.5 Å². The maximum atomic E-state index is 13.7. The van der Waals surface area contributed by atoms with Crippen LogP contribution in [0.25, 0.3) is 10.8 Å². The summed E-state index contributed by atoms with van der Waals surface area (Å²) >= 11 is 0. The third-order valence-corrected chi connectivity index (χ3v) is 6.66.